The lowest BCUT2D eigenvalue weighted by molar-refractivity contribution is -0.137. The van der Waals surface area contributed by atoms with Gasteiger partial charge >= 0.3 is 0 Å². The van der Waals surface area contributed by atoms with E-state index in [1.54, 1.807) is 24.3 Å². The number of rotatable bonds is 9. The van der Waals surface area contributed by atoms with Crippen molar-refractivity contribution in [3.05, 3.63) is 76.4 Å². The summed E-state index contributed by atoms with van der Waals surface area (Å²) in [5, 5.41) is 0.599. The highest BCUT2D eigenvalue weighted by Crippen LogP contribution is 2.32. The van der Waals surface area contributed by atoms with Crippen LogP contribution in [0.2, 0.25) is 5.02 Å². The number of amides is 2. The fraction of sp³-hybridized carbons (Fsp3) is 0.333. The molecule has 0 fully saturated rings. The second-order valence-corrected chi connectivity index (χ2v) is 7.83. The highest BCUT2D eigenvalue weighted by molar-refractivity contribution is 6.36. The number of likely N-dealkylation sites (N-methyl/N-ethyl adjacent to an activating group) is 1. The van der Waals surface area contributed by atoms with E-state index >= 15 is 0 Å². The number of halogens is 1. The van der Waals surface area contributed by atoms with Gasteiger partial charge < -0.3 is 4.90 Å². The van der Waals surface area contributed by atoms with Crippen LogP contribution in [0.5, 0.6) is 0 Å². The van der Waals surface area contributed by atoms with Crippen LogP contribution in [0.1, 0.15) is 43.7 Å². The van der Waals surface area contributed by atoms with E-state index in [0.717, 1.165) is 36.8 Å². The van der Waals surface area contributed by atoms with E-state index in [1.807, 2.05) is 42.3 Å². The van der Waals surface area contributed by atoms with Crippen molar-refractivity contribution in [2.24, 2.45) is 0 Å². The number of benzene rings is 2. The van der Waals surface area contributed by atoms with Crippen molar-refractivity contribution in [3.63, 3.8) is 0 Å². The number of unbranched alkanes of at least 4 members (excludes halogenated alkanes) is 3. The zero-order chi connectivity index (χ0) is 20.8. The monoisotopic (exact) mass is 410 g/mol. The molecule has 5 heteroatoms. The quantitative estimate of drug-likeness (QED) is 0.425. The zero-order valence-electron chi connectivity index (χ0n) is 17.0. The first-order valence-electron chi connectivity index (χ1n) is 10.1. The fourth-order valence-electron chi connectivity index (χ4n) is 3.63. The molecule has 0 saturated heterocycles. The Bertz CT molecular complexity index is 891. The predicted molar refractivity (Wildman–Crippen MR) is 117 cm³/mol. The lowest BCUT2D eigenvalue weighted by Crippen LogP contribution is -2.34. The minimum absolute atomic E-state index is 0.213. The van der Waals surface area contributed by atoms with E-state index in [9.17, 15) is 9.59 Å². The fourth-order valence-corrected chi connectivity index (χ4v) is 3.76. The Kier molecular flexibility index (Phi) is 7.10. The van der Waals surface area contributed by atoms with Crippen LogP contribution < -0.4 is 0 Å². The molecule has 0 N–H and O–H groups in total. The molecular formula is C24H27ClN2O2. The van der Waals surface area contributed by atoms with Gasteiger partial charge in [0.2, 0.25) is 0 Å². The smallest absolute Gasteiger partial charge is 0.277 e. The maximum absolute atomic E-state index is 13.2. The molecule has 29 heavy (non-hydrogen) atoms. The summed E-state index contributed by atoms with van der Waals surface area (Å²) in [6.07, 6.45) is 4.06. The van der Waals surface area contributed by atoms with Crippen molar-refractivity contribution in [3.8, 4) is 0 Å². The van der Waals surface area contributed by atoms with Crippen LogP contribution in [-0.4, -0.2) is 35.2 Å². The van der Waals surface area contributed by atoms with Crippen molar-refractivity contribution in [2.45, 2.75) is 39.2 Å². The highest BCUT2D eigenvalue weighted by Gasteiger charge is 2.40. The van der Waals surface area contributed by atoms with E-state index in [0.29, 0.717) is 29.4 Å². The molecule has 1 aliphatic heterocycles. The normalized spacial score (nSPS) is 14.1. The van der Waals surface area contributed by atoms with Crippen LogP contribution in [0.4, 0.5) is 0 Å². The van der Waals surface area contributed by atoms with Gasteiger partial charge in [-0.05, 0) is 29.7 Å². The Labute approximate surface area is 177 Å². The molecule has 152 valence electrons. The minimum Gasteiger partial charge on any atom is -0.365 e. The Morgan fingerprint density at radius 2 is 1.59 bits per heavy atom. The Hall–Kier alpha value is -2.59. The predicted octanol–water partition coefficient (Wildman–Crippen LogP) is 5.13. The topological polar surface area (TPSA) is 40.6 Å². The first-order valence-corrected chi connectivity index (χ1v) is 10.5. The number of carbonyl (C=O) groups is 2. The van der Waals surface area contributed by atoms with Gasteiger partial charge in [0.25, 0.3) is 11.8 Å². The maximum Gasteiger partial charge on any atom is 0.277 e. The molecule has 0 spiro atoms. The summed E-state index contributed by atoms with van der Waals surface area (Å²) in [7, 11) is 1.87. The van der Waals surface area contributed by atoms with Gasteiger partial charge in [-0.15, -0.1) is 0 Å². The van der Waals surface area contributed by atoms with E-state index in [1.165, 1.54) is 4.90 Å². The third kappa shape index (κ3) is 4.88. The summed E-state index contributed by atoms with van der Waals surface area (Å²) < 4.78 is 0. The first kappa shape index (κ1) is 21.1. The van der Waals surface area contributed by atoms with Crippen molar-refractivity contribution in [1.29, 1.82) is 0 Å². The summed E-state index contributed by atoms with van der Waals surface area (Å²) in [5.74, 6) is -0.432. The van der Waals surface area contributed by atoms with Crippen LogP contribution in [0, 0.1) is 0 Å². The van der Waals surface area contributed by atoms with E-state index in [-0.39, 0.29) is 11.8 Å². The molecular weight excluding hydrogens is 384 g/mol. The second-order valence-electron chi connectivity index (χ2n) is 7.39. The molecule has 0 aliphatic carbocycles. The van der Waals surface area contributed by atoms with Gasteiger partial charge in [-0.25, -0.2) is 0 Å². The van der Waals surface area contributed by atoms with Crippen LogP contribution in [-0.2, 0) is 16.1 Å². The Morgan fingerprint density at radius 1 is 0.897 bits per heavy atom. The lowest BCUT2D eigenvalue weighted by atomic mass is 10.0. The first-order chi connectivity index (χ1) is 14.0. The molecule has 2 aromatic rings. The largest absolute Gasteiger partial charge is 0.365 e. The number of hydrogen-bond acceptors (Lipinski definition) is 3. The number of nitrogens with zero attached hydrogens (tertiary/aromatic N) is 2. The lowest BCUT2D eigenvalue weighted by Gasteiger charge is -2.21. The third-order valence-electron chi connectivity index (χ3n) is 5.16. The number of imide groups is 1. The molecule has 4 nitrogen and oxygen atoms in total. The van der Waals surface area contributed by atoms with Gasteiger partial charge in [0.05, 0.1) is 5.57 Å². The van der Waals surface area contributed by atoms with Gasteiger partial charge in [-0.2, -0.15) is 0 Å². The second kappa shape index (κ2) is 9.75. The van der Waals surface area contributed by atoms with E-state index in [4.69, 9.17) is 11.6 Å². The van der Waals surface area contributed by atoms with Gasteiger partial charge in [0, 0.05) is 25.2 Å². The Morgan fingerprint density at radius 3 is 2.24 bits per heavy atom. The summed E-state index contributed by atoms with van der Waals surface area (Å²) in [4.78, 5) is 29.7. The molecule has 3 rings (SSSR count). The number of hydrogen-bond donors (Lipinski definition) is 0. The summed E-state index contributed by atoms with van der Waals surface area (Å²) in [6, 6.07) is 17.1. The SMILES string of the molecule is CCCCCCN1C(=O)C(c2ccc(Cl)cc2)=C(N(C)Cc2ccccc2)C1=O. The molecule has 0 atom stereocenters. The van der Waals surface area contributed by atoms with Gasteiger partial charge in [-0.1, -0.05) is 80.3 Å². The van der Waals surface area contributed by atoms with Crippen molar-refractivity contribution in [2.75, 3.05) is 13.6 Å². The Balaban J connectivity index is 1.92. The zero-order valence-corrected chi connectivity index (χ0v) is 17.8. The molecule has 0 unspecified atom stereocenters. The standard InChI is InChI=1S/C24H27ClN2O2/c1-3-4-5-9-16-27-23(28)21(19-12-14-20(25)15-13-19)22(24(27)29)26(2)17-18-10-7-6-8-11-18/h6-8,10-15H,3-5,9,16-17H2,1-2H3. The maximum atomic E-state index is 13.2. The molecule has 2 aromatic carbocycles. The van der Waals surface area contributed by atoms with Crippen molar-refractivity contribution < 1.29 is 9.59 Å². The van der Waals surface area contributed by atoms with Crippen LogP contribution >= 0.6 is 11.6 Å². The molecule has 0 radical (unpaired) electrons. The minimum atomic E-state index is -0.219. The van der Waals surface area contributed by atoms with Crippen LogP contribution in [0.3, 0.4) is 0 Å². The summed E-state index contributed by atoms with van der Waals surface area (Å²) in [5.41, 5.74) is 2.72. The molecule has 0 aromatic heterocycles. The molecule has 1 heterocycles. The van der Waals surface area contributed by atoms with Crippen LogP contribution in [0.15, 0.2) is 60.3 Å². The molecule has 0 bridgehead atoms. The summed E-state index contributed by atoms with van der Waals surface area (Å²) in [6.45, 7) is 3.15. The van der Waals surface area contributed by atoms with Gasteiger partial charge in [0.1, 0.15) is 5.70 Å². The third-order valence-corrected chi connectivity index (χ3v) is 5.41. The van der Waals surface area contributed by atoms with Crippen LogP contribution in [0.25, 0.3) is 5.57 Å². The van der Waals surface area contributed by atoms with Gasteiger partial charge in [-0.3, -0.25) is 14.5 Å². The highest BCUT2D eigenvalue weighted by atomic mass is 35.5. The average molecular weight is 411 g/mol. The van der Waals surface area contributed by atoms with Crippen molar-refractivity contribution in [1.82, 2.24) is 9.80 Å². The summed E-state index contributed by atoms with van der Waals surface area (Å²) >= 11 is 6.03. The van der Waals surface area contributed by atoms with E-state index in [2.05, 4.69) is 6.92 Å². The molecule has 0 saturated carbocycles. The molecule has 2 amide bonds. The van der Waals surface area contributed by atoms with Crippen molar-refractivity contribution >= 4 is 29.0 Å². The molecule has 1 aliphatic rings. The van der Waals surface area contributed by atoms with E-state index < -0.39 is 0 Å². The average Bonchev–Trinajstić information content (AvgIpc) is 2.97. The van der Waals surface area contributed by atoms with Gasteiger partial charge in [0.15, 0.2) is 0 Å². The number of carbonyl (C=O) groups excluding carboxylic acids is 2.